The number of hydrogen-bond acceptors (Lipinski definition) is 9. The number of piperidine rings is 1. The fraction of sp³-hybridized carbons (Fsp3) is 0.480. The van der Waals surface area contributed by atoms with E-state index in [2.05, 4.69) is 14.9 Å². The third-order valence-corrected chi connectivity index (χ3v) is 8.19. The lowest BCUT2D eigenvalue weighted by atomic mass is 10.0. The van der Waals surface area contributed by atoms with Crippen molar-refractivity contribution in [3.05, 3.63) is 36.1 Å². The Balaban J connectivity index is 1.73. The highest BCUT2D eigenvalue weighted by molar-refractivity contribution is 7.93. The van der Waals surface area contributed by atoms with Gasteiger partial charge in [-0.05, 0) is 51.0 Å². The Bertz CT molecular complexity index is 1360. The minimum Gasteiger partial charge on any atom is -0.494 e. The van der Waals surface area contributed by atoms with Gasteiger partial charge in [-0.25, -0.2) is 8.42 Å². The zero-order chi connectivity index (χ0) is 27.4. The summed E-state index contributed by atoms with van der Waals surface area (Å²) in [6.45, 7) is 3.70. The summed E-state index contributed by atoms with van der Waals surface area (Å²) in [5.74, 6) is 1.92. The summed E-state index contributed by atoms with van der Waals surface area (Å²) in [6.07, 6.45) is 1.89. The van der Waals surface area contributed by atoms with Crippen LogP contribution in [0.25, 0.3) is 17.3 Å². The molecule has 1 saturated heterocycles. The van der Waals surface area contributed by atoms with Crippen LogP contribution in [0.4, 0.5) is 5.95 Å². The van der Waals surface area contributed by atoms with E-state index < -0.39 is 15.3 Å². The van der Waals surface area contributed by atoms with Crippen molar-refractivity contribution < 1.29 is 31.8 Å². The largest absolute Gasteiger partial charge is 0.494 e. The van der Waals surface area contributed by atoms with Crippen molar-refractivity contribution in [2.24, 2.45) is 0 Å². The number of aryl methyl sites for hydroxylation is 1. The number of rotatable bonds is 11. The summed E-state index contributed by atoms with van der Waals surface area (Å²) in [5, 5.41) is 7.43. The van der Waals surface area contributed by atoms with Gasteiger partial charge in [-0.3, -0.25) is 14.1 Å². The summed E-state index contributed by atoms with van der Waals surface area (Å²) in [7, 11) is 0.532. The van der Waals surface area contributed by atoms with Gasteiger partial charge in [0.05, 0.1) is 32.1 Å². The maximum absolute atomic E-state index is 13.5. The van der Waals surface area contributed by atoms with Gasteiger partial charge in [0.1, 0.15) is 22.9 Å². The second kappa shape index (κ2) is 11.4. The summed E-state index contributed by atoms with van der Waals surface area (Å²) in [6, 6.07) is 8.50. The van der Waals surface area contributed by atoms with E-state index in [1.165, 1.54) is 18.8 Å². The van der Waals surface area contributed by atoms with E-state index in [9.17, 15) is 13.2 Å². The fourth-order valence-electron chi connectivity index (χ4n) is 4.54. The molecule has 2 atom stereocenters. The summed E-state index contributed by atoms with van der Waals surface area (Å²) < 4.78 is 53.3. The number of furan rings is 1. The Kier molecular flexibility index (Phi) is 8.26. The van der Waals surface area contributed by atoms with Gasteiger partial charge in [-0.1, -0.05) is 6.07 Å². The SMILES string of the molecule is COC[C@H]1CCCC(=O)N1C[C@@H](C)S(=O)(=O)Nc1nnc(-c2ccc(C)o2)n1-c1c(OC)cccc1OC. The van der Waals surface area contributed by atoms with Gasteiger partial charge >= 0.3 is 0 Å². The lowest BCUT2D eigenvalue weighted by Crippen LogP contribution is -2.50. The maximum Gasteiger partial charge on any atom is 0.243 e. The quantitative estimate of drug-likeness (QED) is 0.384. The van der Waals surface area contributed by atoms with E-state index in [4.69, 9.17) is 18.6 Å². The molecule has 206 valence electrons. The van der Waals surface area contributed by atoms with Crippen LogP contribution in [0.15, 0.2) is 34.7 Å². The van der Waals surface area contributed by atoms with E-state index >= 15 is 0 Å². The summed E-state index contributed by atoms with van der Waals surface area (Å²) in [5.41, 5.74) is 0.392. The molecule has 13 heteroatoms. The molecule has 1 aliphatic rings. The Hall–Kier alpha value is -3.58. The molecule has 38 heavy (non-hydrogen) atoms. The van der Waals surface area contributed by atoms with E-state index in [1.807, 2.05) is 0 Å². The number of nitrogens with zero attached hydrogens (tertiary/aromatic N) is 4. The molecular formula is C25H33N5O7S. The van der Waals surface area contributed by atoms with Gasteiger partial charge < -0.3 is 23.5 Å². The van der Waals surface area contributed by atoms with Crippen LogP contribution in [-0.2, 0) is 19.6 Å². The zero-order valence-electron chi connectivity index (χ0n) is 22.1. The second-order valence-corrected chi connectivity index (χ2v) is 11.2. The molecule has 0 bridgehead atoms. The third kappa shape index (κ3) is 5.48. The standard InChI is InChI=1S/C25H33N5O7S/c1-16-12-13-21(37-16)24-26-27-25(30(24)23-19(35-4)9-7-10-20(23)36-5)28-38(32,33)17(2)14-29-18(15-34-3)8-6-11-22(29)31/h7,9-10,12-13,17-18H,6,8,11,14-15H2,1-5H3,(H,27,28)/t17-,18-/m1/s1. The molecule has 0 unspecified atom stereocenters. The van der Waals surface area contributed by atoms with Crippen LogP contribution >= 0.6 is 0 Å². The first-order chi connectivity index (χ1) is 18.2. The summed E-state index contributed by atoms with van der Waals surface area (Å²) in [4.78, 5) is 14.2. The Labute approximate surface area is 221 Å². The molecule has 0 radical (unpaired) electrons. The predicted molar refractivity (Wildman–Crippen MR) is 140 cm³/mol. The van der Waals surface area contributed by atoms with E-state index in [0.717, 1.165) is 12.8 Å². The highest BCUT2D eigenvalue weighted by atomic mass is 32.2. The number of hydrogen-bond donors (Lipinski definition) is 1. The van der Waals surface area contributed by atoms with Crippen molar-refractivity contribution >= 4 is 21.9 Å². The minimum absolute atomic E-state index is 0.0124. The van der Waals surface area contributed by atoms with E-state index in [0.29, 0.717) is 41.7 Å². The smallest absolute Gasteiger partial charge is 0.243 e. The average Bonchev–Trinajstić information content (AvgIpc) is 3.50. The van der Waals surface area contributed by atoms with Crippen molar-refractivity contribution in [3.8, 4) is 28.8 Å². The number of amides is 1. The van der Waals surface area contributed by atoms with Crippen molar-refractivity contribution in [1.82, 2.24) is 19.7 Å². The summed E-state index contributed by atoms with van der Waals surface area (Å²) >= 11 is 0. The number of aromatic nitrogens is 3. The van der Waals surface area contributed by atoms with Crippen molar-refractivity contribution in [2.45, 2.75) is 44.4 Å². The number of carbonyl (C=O) groups is 1. The number of nitrogens with one attached hydrogen (secondary N) is 1. The van der Waals surface area contributed by atoms with Crippen LogP contribution in [0.2, 0.25) is 0 Å². The molecule has 12 nitrogen and oxygen atoms in total. The lowest BCUT2D eigenvalue weighted by Gasteiger charge is -2.36. The van der Waals surface area contributed by atoms with E-state index in [-0.39, 0.29) is 30.3 Å². The molecule has 0 saturated carbocycles. The van der Waals surface area contributed by atoms with Gasteiger partial charge in [-0.2, -0.15) is 0 Å². The van der Waals surface area contributed by atoms with Gasteiger partial charge in [0.15, 0.2) is 5.76 Å². The highest BCUT2D eigenvalue weighted by Gasteiger charge is 2.34. The van der Waals surface area contributed by atoms with Gasteiger partial charge in [-0.15, -0.1) is 10.2 Å². The lowest BCUT2D eigenvalue weighted by molar-refractivity contribution is -0.137. The van der Waals surface area contributed by atoms with Gasteiger partial charge in [0.2, 0.25) is 27.7 Å². The van der Waals surface area contributed by atoms with Gasteiger partial charge in [0, 0.05) is 20.1 Å². The molecule has 2 aromatic heterocycles. The number of benzene rings is 1. The first-order valence-corrected chi connectivity index (χ1v) is 13.8. The number of para-hydroxylation sites is 1. The normalized spacial score (nSPS) is 16.9. The highest BCUT2D eigenvalue weighted by Crippen LogP contribution is 2.38. The third-order valence-electron chi connectivity index (χ3n) is 6.51. The maximum atomic E-state index is 13.5. The number of sulfonamides is 1. The Morgan fingerprint density at radius 2 is 1.84 bits per heavy atom. The first-order valence-electron chi connectivity index (χ1n) is 12.2. The molecule has 0 aliphatic carbocycles. The van der Waals surface area contributed by atoms with Crippen LogP contribution in [0.3, 0.4) is 0 Å². The fourth-order valence-corrected chi connectivity index (χ4v) is 5.48. The minimum atomic E-state index is -4.03. The molecular weight excluding hydrogens is 514 g/mol. The zero-order valence-corrected chi connectivity index (χ0v) is 22.9. The molecule has 1 amide bonds. The topological polar surface area (TPSA) is 138 Å². The average molecular weight is 548 g/mol. The first kappa shape index (κ1) is 27.5. The van der Waals surface area contributed by atoms with Crippen LogP contribution in [0, 0.1) is 6.92 Å². The Morgan fingerprint density at radius 3 is 2.45 bits per heavy atom. The molecule has 3 heterocycles. The molecule has 1 N–H and O–H groups in total. The van der Waals surface area contributed by atoms with Gasteiger partial charge in [0.25, 0.3) is 0 Å². The molecule has 0 spiro atoms. The van der Waals surface area contributed by atoms with Crippen LogP contribution in [0.1, 0.15) is 31.9 Å². The molecule has 1 aliphatic heterocycles. The number of likely N-dealkylation sites (tertiary alicyclic amines) is 1. The van der Waals surface area contributed by atoms with Crippen LogP contribution in [-0.4, -0.2) is 79.8 Å². The van der Waals surface area contributed by atoms with Crippen molar-refractivity contribution in [1.29, 1.82) is 0 Å². The Morgan fingerprint density at radius 1 is 1.13 bits per heavy atom. The number of ether oxygens (including phenoxy) is 3. The molecule has 3 aromatic rings. The van der Waals surface area contributed by atoms with E-state index in [1.54, 1.807) is 56.2 Å². The molecule has 4 rings (SSSR count). The number of anilines is 1. The monoisotopic (exact) mass is 547 g/mol. The second-order valence-electron chi connectivity index (χ2n) is 9.11. The predicted octanol–water partition coefficient (Wildman–Crippen LogP) is 3.01. The van der Waals surface area contributed by atoms with Crippen molar-refractivity contribution in [2.75, 3.05) is 39.2 Å². The molecule has 1 fully saturated rings. The van der Waals surface area contributed by atoms with Crippen LogP contribution in [0.5, 0.6) is 11.5 Å². The molecule has 1 aromatic carbocycles. The van der Waals surface area contributed by atoms with Crippen LogP contribution < -0.4 is 14.2 Å². The number of carbonyl (C=O) groups excluding carboxylic acids is 1. The van der Waals surface area contributed by atoms with Crippen molar-refractivity contribution in [3.63, 3.8) is 0 Å². The number of methoxy groups -OCH3 is 3.